The van der Waals surface area contributed by atoms with Crippen LogP contribution in [-0.4, -0.2) is 16.2 Å². The van der Waals surface area contributed by atoms with Crippen molar-refractivity contribution < 1.29 is 5.11 Å². The molecule has 0 aromatic carbocycles. The van der Waals surface area contributed by atoms with E-state index >= 15 is 0 Å². The van der Waals surface area contributed by atoms with Crippen LogP contribution in [0.1, 0.15) is 30.7 Å². The Labute approximate surface area is 94.4 Å². The van der Waals surface area contributed by atoms with Crippen molar-refractivity contribution in [2.24, 2.45) is 17.8 Å². The van der Waals surface area contributed by atoms with Gasteiger partial charge in [-0.05, 0) is 30.6 Å². The van der Waals surface area contributed by atoms with Crippen LogP contribution in [0, 0.1) is 17.8 Å². The summed E-state index contributed by atoms with van der Waals surface area (Å²) in [5.74, 6) is 2.28. The van der Waals surface area contributed by atoms with Crippen LogP contribution in [0.5, 0.6) is 0 Å². The minimum atomic E-state index is -0.135. The molecule has 2 aliphatic carbocycles. The summed E-state index contributed by atoms with van der Waals surface area (Å²) in [6.45, 7) is 0. The molecule has 2 fully saturated rings. The highest BCUT2D eigenvalue weighted by molar-refractivity contribution is 7.09. The van der Waals surface area contributed by atoms with Crippen LogP contribution < -0.4 is 0 Å². The molecule has 0 radical (unpaired) electrons. The van der Waals surface area contributed by atoms with Gasteiger partial charge in [0, 0.05) is 18.0 Å². The highest BCUT2D eigenvalue weighted by atomic mass is 32.1. The topological polar surface area (TPSA) is 33.1 Å². The van der Waals surface area contributed by atoms with Gasteiger partial charge in [0.1, 0.15) is 0 Å². The Morgan fingerprint density at radius 1 is 1.40 bits per heavy atom. The molecule has 0 spiro atoms. The number of rotatable bonds is 3. The van der Waals surface area contributed by atoms with Crippen molar-refractivity contribution in [3.8, 4) is 0 Å². The predicted molar refractivity (Wildman–Crippen MR) is 60.8 cm³/mol. The molecule has 0 saturated heterocycles. The van der Waals surface area contributed by atoms with Crippen LogP contribution in [0.15, 0.2) is 11.6 Å². The van der Waals surface area contributed by atoms with Crippen LogP contribution in [0.4, 0.5) is 0 Å². The summed E-state index contributed by atoms with van der Waals surface area (Å²) >= 11 is 1.66. The molecule has 3 unspecified atom stereocenters. The Morgan fingerprint density at radius 2 is 2.13 bits per heavy atom. The molecule has 0 aliphatic heterocycles. The zero-order valence-electron chi connectivity index (χ0n) is 8.80. The van der Waals surface area contributed by atoms with Crippen molar-refractivity contribution in [3.63, 3.8) is 0 Å². The maximum absolute atomic E-state index is 10.2. The molecule has 1 N–H and O–H groups in total. The molecule has 2 aliphatic rings. The first-order valence-electron chi connectivity index (χ1n) is 5.92. The third-order valence-corrected chi connectivity index (χ3v) is 4.84. The summed E-state index contributed by atoms with van der Waals surface area (Å²) < 4.78 is 0. The van der Waals surface area contributed by atoms with Crippen molar-refractivity contribution >= 4 is 11.3 Å². The van der Waals surface area contributed by atoms with Gasteiger partial charge < -0.3 is 5.11 Å². The fourth-order valence-electron chi connectivity index (χ4n) is 3.29. The van der Waals surface area contributed by atoms with Crippen molar-refractivity contribution in [2.75, 3.05) is 0 Å². The van der Waals surface area contributed by atoms with E-state index in [0.717, 1.165) is 23.3 Å². The Kier molecular flexibility index (Phi) is 2.53. The van der Waals surface area contributed by atoms with E-state index in [-0.39, 0.29) is 6.10 Å². The smallest absolute Gasteiger partial charge is 0.0950 e. The molecule has 1 aromatic rings. The lowest BCUT2D eigenvalue weighted by atomic mass is 10.0. The normalized spacial score (nSPS) is 35.9. The van der Waals surface area contributed by atoms with E-state index in [0.29, 0.717) is 5.92 Å². The van der Waals surface area contributed by atoms with Crippen molar-refractivity contribution in [3.05, 3.63) is 16.6 Å². The Morgan fingerprint density at radius 3 is 2.73 bits per heavy atom. The second-order valence-corrected chi connectivity index (χ2v) is 5.87. The van der Waals surface area contributed by atoms with E-state index in [2.05, 4.69) is 4.98 Å². The van der Waals surface area contributed by atoms with Gasteiger partial charge in [-0.1, -0.05) is 12.8 Å². The molecule has 3 heteroatoms. The summed E-state index contributed by atoms with van der Waals surface area (Å²) in [6.07, 6.45) is 7.92. The fraction of sp³-hybridized carbons (Fsp3) is 0.750. The van der Waals surface area contributed by atoms with E-state index in [1.807, 2.05) is 11.6 Å². The van der Waals surface area contributed by atoms with E-state index in [1.165, 1.54) is 25.7 Å². The second kappa shape index (κ2) is 3.87. The van der Waals surface area contributed by atoms with Crippen LogP contribution in [0.2, 0.25) is 0 Å². The summed E-state index contributed by atoms with van der Waals surface area (Å²) in [6, 6.07) is 0. The average Bonchev–Trinajstić information content (AvgIpc) is 2.77. The van der Waals surface area contributed by atoms with Gasteiger partial charge in [-0.3, -0.25) is 0 Å². The first-order chi connectivity index (χ1) is 7.36. The molecule has 3 atom stereocenters. The number of aromatic nitrogens is 1. The Hall–Kier alpha value is -0.410. The Bertz CT molecular complexity index is 312. The third kappa shape index (κ3) is 1.83. The van der Waals surface area contributed by atoms with Crippen molar-refractivity contribution in [2.45, 2.75) is 38.2 Å². The molecule has 0 bridgehead atoms. The van der Waals surface area contributed by atoms with Gasteiger partial charge in [-0.15, -0.1) is 11.3 Å². The van der Waals surface area contributed by atoms with E-state index in [1.54, 1.807) is 11.3 Å². The molecule has 1 heterocycles. The summed E-state index contributed by atoms with van der Waals surface area (Å²) in [5.41, 5.74) is 0. The molecule has 1 aromatic heterocycles. The molecule has 2 nitrogen and oxygen atoms in total. The van der Waals surface area contributed by atoms with Gasteiger partial charge >= 0.3 is 0 Å². The third-order valence-electron chi connectivity index (χ3n) is 4.03. The van der Waals surface area contributed by atoms with Gasteiger partial charge in [0.15, 0.2) is 0 Å². The van der Waals surface area contributed by atoms with Gasteiger partial charge in [0.2, 0.25) is 0 Å². The van der Waals surface area contributed by atoms with Crippen LogP contribution in [0.25, 0.3) is 0 Å². The second-order valence-electron chi connectivity index (χ2n) is 4.89. The number of nitrogens with zero attached hydrogens (tertiary/aromatic N) is 1. The fourth-order valence-corrected chi connectivity index (χ4v) is 3.95. The largest absolute Gasteiger partial charge is 0.392 e. The maximum atomic E-state index is 10.2. The molecular formula is C12H17NOS. The minimum Gasteiger partial charge on any atom is -0.392 e. The number of thiazole rings is 1. The number of hydrogen-bond donors (Lipinski definition) is 1. The van der Waals surface area contributed by atoms with Gasteiger partial charge in [-0.25, -0.2) is 4.98 Å². The molecule has 0 amide bonds. The monoisotopic (exact) mass is 223 g/mol. The zero-order chi connectivity index (χ0) is 10.3. The molecule has 2 saturated carbocycles. The van der Waals surface area contributed by atoms with Crippen LogP contribution in [0.3, 0.4) is 0 Å². The average molecular weight is 223 g/mol. The number of hydrogen-bond acceptors (Lipinski definition) is 3. The van der Waals surface area contributed by atoms with Crippen molar-refractivity contribution in [1.82, 2.24) is 4.98 Å². The van der Waals surface area contributed by atoms with Crippen LogP contribution in [-0.2, 0) is 6.42 Å². The zero-order valence-corrected chi connectivity index (χ0v) is 9.62. The molecule has 15 heavy (non-hydrogen) atoms. The van der Waals surface area contributed by atoms with Gasteiger partial charge in [0.05, 0.1) is 11.1 Å². The first kappa shape index (κ1) is 9.79. The van der Waals surface area contributed by atoms with E-state index in [9.17, 15) is 5.11 Å². The number of aliphatic hydroxyl groups is 1. The molecule has 3 rings (SSSR count). The molecule has 82 valence electrons. The van der Waals surface area contributed by atoms with Crippen LogP contribution >= 0.6 is 11.3 Å². The lowest BCUT2D eigenvalue weighted by Crippen LogP contribution is -2.14. The Balaban J connectivity index is 1.59. The SMILES string of the molecule is OC(Cc1nccs1)C1C2CCCCC21. The van der Waals surface area contributed by atoms with Gasteiger partial charge in [-0.2, -0.15) is 0 Å². The maximum Gasteiger partial charge on any atom is 0.0950 e. The quantitative estimate of drug-likeness (QED) is 0.854. The number of aliphatic hydroxyl groups excluding tert-OH is 1. The van der Waals surface area contributed by atoms with E-state index in [4.69, 9.17) is 0 Å². The molecular weight excluding hydrogens is 206 g/mol. The van der Waals surface area contributed by atoms with Crippen molar-refractivity contribution in [1.29, 1.82) is 0 Å². The highest BCUT2D eigenvalue weighted by Gasteiger charge is 2.53. The number of fused-ring (bicyclic) bond motifs is 1. The highest BCUT2D eigenvalue weighted by Crippen LogP contribution is 2.57. The lowest BCUT2D eigenvalue weighted by Gasteiger charge is -2.07. The first-order valence-corrected chi connectivity index (χ1v) is 6.80. The summed E-state index contributed by atoms with van der Waals surface area (Å²) in [5, 5.41) is 13.2. The van der Waals surface area contributed by atoms with E-state index < -0.39 is 0 Å². The standard InChI is InChI=1S/C12H17NOS/c14-10(7-11-13-5-6-15-11)12-8-3-1-2-4-9(8)12/h5-6,8-10,12,14H,1-4,7H2. The summed E-state index contributed by atoms with van der Waals surface area (Å²) in [7, 11) is 0. The predicted octanol–water partition coefficient (Wildman–Crippen LogP) is 2.48. The minimum absolute atomic E-state index is 0.135. The lowest BCUT2D eigenvalue weighted by molar-refractivity contribution is 0.140. The van der Waals surface area contributed by atoms with Gasteiger partial charge in [0.25, 0.3) is 0 Å². The summed E-state index contributed by atoms with van der Waals surface area (Å²) in [4.78, 5) is 4.24.